The number of hydrogen-bond acceptors (Lipinski definition) is 3. The summed E-state index contributed by atoms with van der Waals surface area (Å²) < 4.78 is 0. The van der Waals surface area contributed by atoms with Gasteiger partial charge in [-0.05, 0) is 32.1 Å². The first-order valence-electron chi connectivity index (χ1n) is 7.52. The minimum Gasteiger partial charge on any atom is -0.387 e. The number of fused-ring (bicyclic) bond motifs is 1. The Morgan fingerprint density at radius 3 is 2.39 bits per heavy atom. The molecule has 1 atom stereocenters. The predicted octanol–water partition coefficient (Wildman–Crippen LogP) is 4.34. The maximum Gasteiger partial charge on any atom is 0.0971 e. The molecule has 0 aromatic carbocycles. The standard InChI is InChI=1S/C15H23NOS/c17-12-9-6-10-13-14(12)16-15(18-13)11-7-4-2-1-3-5-8-11/h11-12,17H,1-10H2. The Kier molecular flexibility index (Phi) is 4.00. The van der Waals surface area contributed by atoms with E-state index in [0.29, 0.717) is 5.92 Å². The lowest BCUT2D eigenvalue weighted by Gasteiger charge is -2.17. The molecule has 0 aliphatic heterocycles. The van der Waals surface area contributed by atoms with E-state index in [1.807, 2.05) is 11.3 Å². The molecule has 1 heterocycles. The van der Waals surface area contributed by atoms with Crippen LogP contribution in [0, 0.1) is 0 Å². The van der Waals surface area contributed by atoms with E-state index >= 15 is 0 Å². The first-order valence-corrected chi connectivity index (χ1v) is 8.34. The van der Waals surface area contributed by atoms with Crippen molar-refractivity contribution < 1.29 is 5.11 Å². The number of aliphatic hydroxyl groups is 1. The zero-order valence-corrected chi connectivity index (χ0v) is 11.8. The number of nitrogens with zero attached hydrogens (tertiary/aromatic N) is 1. The maximum absolute atomic E-state index is 10.0. The topological polar surface area (TPSA) is 33.1 Å². The lowest BCUT2D eigenvalue weighted by atomic mass is 9.91. The van der Waals surface area contributed by atoms with Gasteiger partial charge in [0.25, 0.3) is 0 Å². The van der Waals surface area contributed by atoms with Gasteiger partial charge in [0.15, 0.2) is 0 Å². The molecule has 1 unspecified atom stereocenters. The van der Waals surface area contributed by atoms with Crippen LogP contribution in [0.5, 0.6) is 0 Å². The normalized spacial score (nSPS) is 26.4. The molecule has 0 amide bonds. The molecule has 1 aromatic rings. The summed E-state index contributed by atoms with van der Waals surface area (Å²) in [6, 6.07) is 0. The Labute approximate surface area is 113 Å². The van der Waals surface area contributed by atoms with Gasteiger partial charge in [0.2, 0.25) is 0 Å². The Morgan fingerprint density at radius 2 is 1.67 bits per heavy atom. The second-order valence-electron chi connectivity index (χ2n) is 5.81. The van der Waals surface area contributed by atoms with Crippen LogP contribution in [-0.2, 0) is 6.42 Å². The van der Waals surface area contributed by atoms with Gasteiger partial charge < -0.3 is 5.11 Å². The van der Waals surface area contributed by atoms with Crippen LogP contribution in [0.15, 0.2) is 0 Å². The van der Waals surface area contributed by atoms with Crippen molar-refractivity contribution in [3.8, 4) is 0 Å². The summed E-state index contributed by atoms with van der Waals surface area (Å²) in [5, 5.41) is 11.3. The Morgan fingerprint density at radius 1 is 0.944 bits per heavy atom. The van der Waals surface area contributed by atoms with Crippen molar-refractivity contribution in [2.45, 2.75) is 76.2 Å². The van der Waals surface area contributed by atoms with Crippen molar-refractivity contribution in [3.63, 3.8) is 0 Å². The van der Waals surface area contributed by atoms with Gasteiger partial charge >= 0.3 is 0 Å². The van der Waals surface area contributed by atoms with Crippen molar-refractivity contribution in [1.82, 2.24) is 4.98 Å². The Bertz CT molecular complexity index is 393. The van der Waals surface area contributed by atoms with Crippen LogP contribution in [0.1, 0.15) is 85.4 Å². The molecule has 0 radical (unpaired) electrons. The minimum atomic E-state index is -0.285. The summed E-state index contributed by atoms with van der Waals surface area (Å²) in [5.41, 5.74) is 1.02. The van der Waals surface area contributed by atoms with Crippen LogP contribution in [-0.4, -0.2) is 10.1 Å². The number of thiazole rings is 1. The molecule has 0 bridgehead atoms. The van der Waals surface area contributed by atoms with E-state index in [1.54, 1.807) is 0 Å². The summed E-state index contributed by atoms with van der Waals surface area (Å²) in [7, 11) is 0. The van der Waals surface area contributed by atoms with Crippen LogP contribution in [0.4, 0.5) is 0 Å². The molecule has 2 aliphatic rings. The molecule has 0 spiro atoms. The average Bonchev–Trinajstić information content (AvgIpc) is 2.73. The molecule has 18 heavy (non-hydrogen) atoms. The van der Waals surface area contributed by atoms with Crippen LogP contribution < -0.4 is 0 Å². The molecular formula is C15H23NOS. The van der Waals surface area contributed by atoms with Crippen molar-refractivity contribution in [3.05, 3.63) is 15.6 Å². The van der Waals surface area contributed by atoms with Crippen LogP contribution in [0.25, 0.3) is 0 Å². The van der Waals surface area contributed by atoms with E-state index in [1.165, 1.54) is 54.8 Å². The molecule has 0 saturated heterocycles. The van der Waals surface area contributed by atoms with Crippen LogP contribution in [0.2, 0.25) is 0 Å². The van der Waals surface area contributed by atoms with Crippen molar-refractivity contribution in [2.24, 2.45) is 0 Å². The van der Waals surface area contributed by atoms with Crippen LogP contribution >= 0.6 is 11.3 Å². The zero-order chi connectivity index (χ0) is 12.4. The molecule has 100 valence electrons. The third-order valence-electron chi connectivity index (χ3n) is 4.40. The predicted molar refractivity (Wildman–Crippen MR) is 75.1 cm³/mol. The first kappa shape index (κ1) is 12.6. The highest BCUT2D eigenvalue weighted by Crippen LogP contribution is 2.39. The second-order valence-corrected chi connectivity index (χ2v) is 6.93. The van der Waals surface area contributed by atoms with Crippen LogP contribution in [0.3, 0.4) is 0 Å². The van der Waals surface area contributed by atoms with Gasteiger partial charge in [0.1, 0.15) is 0 Å². The zero-order valence-electron chi connectivity index (χ0n) is 11.0. The lowest BCUT2D eigenvalue weighted by molar-refractivity contribution is 0.152. The molecule has 1 aromatic heterocycles. The number of aryl methyl sites for hydroxylation is 1. The molecule has 3 rings (SSSR count). The largest absolute Gasteiger partial charge is 0.387 e. The average molecular weight is 265 g/mol. The number of rotatable bonds is 1. The van der Waals surface area contributed by atoms with Gasteiger partial charge in [-0.1, -0.05) is 32.1 Å². The lowest BCUT2D eigenvalue weighted by Crippen LogP contribution is -2.08. The molecule has 1 saturated carbocycles. The third-order valence-corrected chi connectivity index (χ3v) is 5.69. The number of aromatic nitrogens is 1. The molecule has 2 aliphatic carbocycles. The summed E-state index contributed by atoms with van der Waals surface area (Å²) in [4.78, 5) is 6.16. The molecule has 2 nitrogen and oxygen atoms in total. The van der Waals surface area contributed by atoms with Crippen molar-refractivity contribution in [1.29, 1.82) is 0 Å². The SMILES string of the molecule is OC1CCCc2sc(C3CCCCCCC3)nc21. The van der Waals surface area contributed by atoms with Gasteiger partial charge in [-0.15, -0.1) is 11.3 Å². The maximum atomic E-state index is 10.0. The van der Waals surface area contributed by atoms with E-state index in [9.17, 15) is 5.11 Å². The monoisotopic (exact) mass is 265 g/mol. The van der Waals surface area contributed by atoms with E-state index in [-0.39, 0.29) is 6.10 Å². The highest BCUT2D eigenvalue weighted by atomic mass is 32.1. The second kappa shape index (κ2) is 5.70. The Hall–Kier alpha value is -0.410. The third kappa shape index (κ3) is 2.62. The summed E-state index contributed by atoms with van der Waals surface area (Å²) in [6.45, 7) is 0. The minimum absolute atomic E-state index is 0.285. The smallest absolute Gasteiger partial charge is 0.0971 e. The fraction of sp³-hybridized carbons (Fsp3) is 0.800. The van der Waals surface area contributed by atoms with Gasteiger partial charge in [-0.25, -0.2) is 4.98 Å². The summed E-state index contributed by atoms with van der Waals surface area (Å²) in [5.74, 6) is 0.674. The van der Waals surface area contributed by atoms with E-state index < -0.39 is 0 Å². The van der Waals surface area contributed by atoms with Gasteiger partial charge in [-0.3, -0.25) is 0 Å². The quantitative estimate of drug-likeness (QED) is 0.819. The molecule has 1 fully saturated rings. The highest BCUT2D eigenvalue weighted by molar-refractivity contribution is 7.11. The molecular weight excluding hydrogens is 242 g/mol. The number of aliphatic hydroxyl groups excluding tert-OH is 1. The molecule has 1 N–H and O–H groups in total. The van der Waals surface area contributed by atoms with E-state index in [2.05, 4.69) is 0 Å². The van der Waals surface area contributed by atoms with E-state index in [0.717, 1.165) is 25.0 Å². The highest BCUT2D eigenvalue weighted by Gasteiger charge is 2.25. The Balaban J connectivity index is 1.78. The van der Waals surface area contributed by atoms with Crippen molar-refractivity contribution in [2.75, 3.05) is 0 Å². The van der Waals surface area contributed by atoms with Crippen molar-refractivity contribution >= 4 is 11.3 Å². The van der Waals surface area contributed by atoms with Gasteiger partial charge in [-0.2, -0.15) is 0 Å². The molecule has 3 heteroatoms. The van der Waals surface area contributed by atoms with Gasteiger partial charge in [0, 0.05) is 10.8 Å². The first-order chi connectivity index (χ1) is 8.84. The number of hydrogen-bond donors (Lipinski definition) is 1. The fourth-order valence-corrected chi connectivity index (χ4v) is 4.62. The summed E-state index contributed by atoms with van der Waals surface area (Å²) in [6.07, 6.45) is 12.4. The fourth-order valence-electron chi connectivity index (χ4n) is 3.29. The van der Waals surface area contributed by atoms with Gasteiger partial charge in [0.05, 0.1) is 16.8 Å². The van der Waals surface area contributed by atoms with E-state index in [4.69, 9.17) is 4.98 Å². The summed E-state index contributed by atoms with van der Waals surface area (Å²) >= 11 is 1.89.